The summed E-state index contributed by atoms with van der Waals surface area (Å²) in [6.45, 7) is 0. The van der Waals surface area contributed by atoms with Gasteiger partial charge in [0.15, 0.2) is 11.6 Å². The van der Waals surface area contributed by atoms with Crippen LogP contribution in [0.3, 0.4) is 0 Å². The van der Waals surface area contributed by atoms with Gasteiger partial charge in [-0.15, -0.1) is 0 Å². The number of methoxy groups -OCH3 is 2. The number of hydrogen-bond acceptors (Lipinski definition) is 6. The van der Waals surface area contributed by atoms with Crippen LogP contribution >= 0.6 is 0 Å². The van der Waals surface area contributed by atoms with Gasteiger partial charge in [0.1, 0.15) is 6.33 Å². The highest BCUT2D eigenvalue weighted by Crippen LogP contribution is 2.24. The molecule has 0 aliphatic rings. The normalized spacial score (nSPS) is 12.0. The summed E-state index contributed by atoms with van der Waals surface area (Å²) >= 11 is 0. The lowest BCUT2D eigenvalue weighted by atomic mass is 10.0. The summed E-state index contributed by atoms with van der Waals surface area (Å²) in [4.78, 5) is 8.07. The van der Waals surface area contributed by atoms with Crippen LogP contribution in [0.2, 0.25) is 0 Å². The SMILES string of the molecule is COc1cc(C(Cc2cccc(OC)c2F)NN)ncn1. The highest BCUT2D eigenvalue weighted by atomic mass is 19.1. The van der Waals surface area contributed by atoms with Gasteiger partial charge >= 0.3 is 0 Å². The highest BCUT2D eigenvalue weighted by molar-refractivity contribution is 5.32. The summed E-state index contributed by atoms with van der Waals surface area (Å²) < 4.78 is 24.2. The molecule has 0 bridgehead atoms. The van der Waals surface area contributed by atoms with Crippen molar-refractivity contribution in [2.75, 3.05) is 14.2 Å². The first-order valence-corrected chi connectivity index (χ1v) is 6.33. The van der Waals surface area contributed by atoms with Crippen molar-refractivity contribution in [3.8, 4) is 11.6 Å². The lowest BCUT2D eigenvalue weighted by Crippen LogP contribution is -2.30. The van der Waals surface area contributed by atoms with Crippen LogP contribution in [-0.4, -0.2) is 24.2 Å². The fourth-order valence-electron chi connectivity index (χ4n) is 2.00. The Morgan fingerprint density at radius 1 is 1.29 bits per heavy atom. The molecule has 0 radical (unpaired) electrons. The second kappa shape index (κ2) is 6.96. The fourth-order valence-corrected chi connectivity index (χ4v) is 2.00. The largest absolute Gasteiger partial charge is 0.494 e. The van der Waals surface area contributed by atoms with E-state index in [2.05, 4.69) is 15.4 Å². The van der Waals surface area contributed by atoms with Crippen molar-refractivity contribution in [3.63, 3.8) is 0 Å². The Labute approximate surface area is 122 Å². The number of aromatic nitrogens is 2. The molecule has 1 aromatic heterocycles. The predicted molar refractivity (Wildman–Crippen MR) is 75.3 cm³/mol. The van der Waals surface area contributed by atoms with Crippen molar-refractivity contribution in [1.82, 2.24) is 15.4 Å². The van der Waals surface area contributed by atoms with Gasteiger partial charge in [-0.3, -0.25) is 11.3 Å². The van der Waals surface area contributed by atoms with Gasteiger partial charge in [0.2, 0.25) is 5.88 Å². The number of hydrogen-bond donors (Lipinski definition) is 2. The van der Waals surface area contributed by atoms with Crippen LogP contribution in [0.5, 0.6) is 11.6 Å². The Bertz CT molecular complexity index is 609. The number of nitrogens with one attached hydrogen (secondary N) is 1. The molecule has 2 aromatic rings. The maximum absolute atomic E-state index is 14.2. The van der Waals surface area contributed by atoms with E-state index in [0.717, 1.165) is 0 Å². The van der Waals surface area contributed by atoms with E-state index in [-0.39, 0.29) is 11.8 Å². The van der Waals surface area contributed by atoms with E-state index in [1.165, 1.54) is 20.5 Å². The lowest BCUT2D eigenvalue weighted by Gasteiger charge is -2.16. The Hall–Kier alpha value is -2.25. The van der Waals surface area contributed by atoms with Gasteiger partial charge in [-0.1, -0.05) is 12.1 Å². The second-order valence-corrected chi connectivity index (χ2v) is 4.34. The van der Waals surface area contributed by atoms with Crippen molar-refractivity contribution >= 4 is 0 Å². The van der Waals surface area contributed by atoms with Gasteiger partial charge < -0.3 is 9.47 Å². The average Bonchev–Trinajstić information content (AvgIpc) is 2.54. The predicted octanol–water partition coefficient (Wildman–Crippen LogP) is 1.38. The number of nitrogens with zero attached hydrogens (tertiary/aromatic N) is 2. The van der Waals surface area contributed by atoms with Crippen LogP contribution in [0.1, 0.15) is 17.3 Å². The molecule has 1 unspecified atom stereocenters. The first-order valence-electron chi connectivity index (χ1n) is 6.33. The van der Waals surface area contributed by atoms with Gasteiger partial charge in [-0.05, 0) is 18.1 Å². The standard InChI is InChI=1S/C14H17FN4O2/c1-20-12-5-3-4-9(14(12)15)6-11(19-16)10-7-13(21-2)18-8-17-10/h3-5,7-8,11,19H,6,16H2,1-2H3. The van der Waals surface area contributed by atoms with E-state index in [4.69, 9.17) is 15.3 Å². The minimum atomic E-state index is -0.402. The number of benzene rings is 1. The summed E-state index contributed by atoms with van der Waals surface area (Å²) in [5, 5.41) is 0. The molecule has 3 N–H and O–H groups in total. The molecule has 0 aliphatic carbocycles. The molecule has 1 atom stereocenters. The second-order valence-electron chi connectivity index (χ2n) is 4.34. The topological polar surface area (TPSA) is 82.3 Å². The monoisotopic (exact) mass is 292 g/mol. The third kappa shape index (κ3) is 3.45. The summed E-state index contributed by atoms with van der Waals surface area (Å²) in [6, 6.07) is 6.26. The Kier molecular flexibility index (Phi) is 5.02. The number of nitrogens with two attached hydrogens (primary N) is 1. The van der Waals surface area contributed by atoms with Crippen molar-refractivity contribution in [1.29, 1.82) is 0 Å². The number of hydrazine groups is 1. The van der Waals surface area contributed by atoms with Crippen molar-refractivity contribution in [2.45, 2.75) is 12.5 Å². The maximum Gasteiger partial charge on any atom is 0.216 e. The number of ether oxygens (including phenoxy) is 2. The molecule has 0 saturated heterocycles. The molecule has 0 spiro atoms. The molecular weight excluding hydrogens is 275 g/mol. The van der Waals surface area contributed by atoms with E-state index in [1.54, 1.807) is 24.3 Å². The molecule has 0 saturated carbocycles. The van der Waals surface area contributed by atoms with E-state index in [9.17, 15) is 4.39 Å². The third-order valence-electron chi connectivity index (χ3n) is 3.12. The van der Waals surface area contributed by atoms with Crippen molar-refractivity contribution < 1.29 is 13.9 Å². The third-order valence-corrected chi connectivity index (χ3v) is 3.12. The molecule has 1 aromatic carbocycles. The molecule has 7 heteroatoms. The molecular formula is C14H17FN4O2. The van der Waals surface area contributed by atoms with Crippen molar-refractivity contribution in [3.05, 3.63) is 47.7 Å². The highest BCUT2D eigenvalue weighted by Gasteiger charge is 2.17. The maximum atomic E-state index is 14.2. The Morgan fingerprint density at radius 3 is 2.76 bits per heavy atom. The van der Waals surface area contributed by atoms with Crippen LogP contribution in [0.15, 0.2) is 30.6 Å². The zero-order valence-corrected chi connectivity index (χ0v) is 11.8. The van der Waals surface area contributed by atoms with Gasteiger partial charge in [-0.2, -0.15) is 0 Å². The first kappa shape index (κ1) is 15.1. The van der Waals surface area contributed by atoms with Gasteiger partial charge in [-0.25, -0.2) is 14.4 Å². The summed E-state index contributed by atoms with van der Waals surface area (Å²) in [5.74, 6) is 5.78. The van der Waals surface area contributed by atoms with E-state index in [1.807, 2.05) is 0 Å². The van der Waals surface area contributed by atoms with Crippen LogP contribution in [0.4, 0.5) is 4.39 Å². The van der Waals surface area contributed by atoms with Gasteiger partial charge in [0, 0.05) is 6.07 Å². The van der Waals surface area contributed by atoms with E-state index >= 15 is 0 Å². The molecule has 21 heavy (non-hydrogen) atoms. The summed E-state index contributed by atoms with van der Waals surface area (Å²) in [6.07, 6.45) is 1.69. The Balaban J connectivity index is 2.26. The van der Waals surface area contributed by atoms with Crippen LogP contribution < -0.4 is 20.7 Å². The molecule has 2 rings (SSSR count). The first-order chi connectivity index (χ1) is 10.2. The molecule has 112 valence electrons. The summed E-state index contributed by atoms with van der Waals surface area (Å²) in [7, 11) is 2.94. The Morgan fingerprint density at radius 2 is 2.10 bits per heavy atom. The van der Waals surface area contributed by atoms with Crippen LogP contribution in [0, 0.1) is 5.82 Å². The molecule has 1 heterocycles. The molecule has 0 amide bonds. The average molecular weight is 292 g/mol. The summed E-state index contributed by atoms with van der Waals surface area (Å²) in [5.41, 5.74) is 3.73. The van der Waals surface area contributed by atoms with E-state index < -0.39 is 5.82 Å². The minimum Gasteiger partial charge on any atom is -0.494 e. The van der Waals surface area contributed by atoms with Gasteiger partial charge in [0.25, 0.3) is 0 Å². The molecule has 0 fully saturated rings. The zero-order valence-electron chi connectivity index (χ0n) is 11.8. The van der Waals surface area contributed by atoms with E-state index in [0.29, 0.717) is 23.6 Å². The smallest absolute Gasteiger partial charge is 0.216 e. The number of halogens is 1. The quantitative estimate of drug-likeness (QED) is 0.618. The van der Waals surface area contributed by atoms with Crippen LogP contribution in [0.25, 0.3) is 0 Å². The number of rotatable bonds is 6. The minimum absolute atomic E-state index is 0.198. The van der Waals surface area contributed by atoms with Crippen LogP contribution in [-0.2, 0) is 6.42 Å². The lowest BCUT2D eigenvalue weighted by molar-refractivity contribution is 0.381. The fraction of sp³-hybridized carbons (Fsp3) is 0.286. The van der Waals surface area contributed by atoms with Gasteiger partial charge in [0.05, 0.1) is 26.0 Å². The molecule has 0 aliphatic heterocycles. The zero-order chi connectivity index (χ0) is 15.2. The van der Waals surface area contributed by atoms with Crippen molar-refractivity contribution in [2.24, 2.45) is 5.84 Å². The molecule has 6 nitrogen and oxygen atoms in total.